The summed E-state index contributed by atoms with van der Waals surface area (Å²) in [6.07, 6.45) is -5.14. The van der Waals surface area contributed by atoms with Crippen LogP contribution in [0, 0.1) is 0 Å². The minimum absolute atomic E-state index is 0.124. The fourth-order valence-corrected chi connectivity index (χ4v) is 2.59. The highest BCUT2D eigenvalue weighted by atomic mass is 16.7. The predicted octanol–water partition coefficient (Wildman–Crippen LogP) is -0.238. The van der Waals surface area contributed by atoms with Gasteiger partial charge in [0.25, 0.3) is 0 Å². The van der Waals surface area contributed by atoms with Crippen LogP contribution in [0.1, 0.15) is 34.6 Å². The summed E-state index contributed by atoms with van der Waals surface area (Å²) in [6.45, 7) is 9.07. The van der Waals surface area contributed by atoms with Gasteiger partial charge in [0.15, 0.2) is 12.2 Å². The van der Waals surface area contributed by atoms with Crippen LogP contribution >= 0.6 is 0 Å². The Labute approximate surface area is 167 Å². The van der Waals surface area contributed by atoms with Crippen LogP contribution in [-0.4, -0.2) is 67.0 Å². The molecular weight excluding hydrogens is 390 g/mol. The lowest BCUT2D eigenvalue weighted by Crippen LogP contribution is -2.67. The second kappa shape index (κ2) is 10.6. The highest BCUT2D eigenvalue weighted by Gasteiger charge is 2.52. The first kappa shape index (κ1) is 24.1. The van der Waals surface area contributed by atoms with E-state index < -0.39 is 60.4 Å². The van der Waals surface area contributed by atoms with Crippen molar-refractivity contribution in [1.29, 1.82) is 0 Å². The van der Waals surface area contributed by atoms with Crippen LogP contribution in [0.25, 0.3) is 0 Å². The summed E-state index contributed by atoms with van der Waals surface area (Å²) >= 11 is 0. The molecule has 1 fully saturated rings. The van der Waals surface area contributed by atoms with Gasteiger partial charge in [-0.25, -0.2) is 0 Å². The summed E-state index contributed by atoms with van der Waals surface area (Å²) in [4.78, 5) is 58.2. The number of amides is 1. The Hall–Kier alpha value is -2.95. The molecular formula is C18H25NO10. The largest absolute Gasteiger partial charge is 0.463 e. The third kappa shape index (κ3) is 7.53. The van der Waals surface area contributed by atoms with Crippen LogP contribution < -0.4 is 5.32 Å². The number of carbonyl (C=O) groups excluding carboxylic acids is 5. The fourth-order valence-electron chi connectivity index (χ4n) is 2.59. The zero-order valence-electron chi connectivity index (χ0n) is 16.9. The number of rotatable bonds is 7. The lowest BCUT2D eigenvalue weighted by atomic mass is 9.95. The van der Waals surface area contributed by atoms with Crippen LogP contribution in [0.2, 0.25) is 0 Å². The van der Waals surface area contributed by atoms with E-state index >= 15 is 0 Å². The van der Waals surface area contributed by atoms with Crippen LogP contribution in [0.15, 0.2) is 12.2 Å². The van der Waals surface area contributed by atoms with Crippen molar-refractivity contribution in [3.05, 3.63) is 12.2 Å². The van der Waals surface area contributed by atoms with E-state index in [0.717, 1.165) is 27.7 Å². The van der Waals surface area contributed by atoms with Crippen LogP contribution in [0.5, 0.6) is 0 Å². The van der Waals surface area contributed by atoms with Crippen LogP contribution in [-0.2, 0) is 47.7 Å². The van der Waals surface area contributed by atoms with E-state index in [1.807, 2.05) is 0 Å². The zero-order chi connectivity index (χ0) is 22.3. The zero-order valence-corrected chi connectivity index (χ0v) is 16.9. The normalized spacial score (nSPS) is 25.9. The molecule has 11 nitrogen and oxygen atoms in total. The smallest absolute Gasteiger partial charge is 0.305 e. The Morgan fingerprint density at radius 2 is 1.34 bits per heavy atom. The first-order valence-corrected chi connectivity index (χ1v) is 8.69. The van der Waals surface area contributed by atoms with E-state index in [-0.39, 0.29) is 12.2 Å². The number of ether oxygens (including phenoxy) is 5. The Morgan fingerprint density at radius 3 is 1.79 bits per heavy atom. The van der Waals surface area contributed by atoms with Crippen molar-refractivity contribution >= 4 is 29.8 Å². The van der Waals surface area contributed by atoms with Crippen molar-refractivity contribution in [2.45, 2.75) is 65.3 Å². The van der Waals surface area contributed by atoms with Gasteiger partial charge in [-0.15, -0.1) is 0 Å². The summed E-state index contributed by atoms with van der Waals surface area (Å²) in [7, 11) is 0. The highest BCUT2D eigenvalue weighted by Crippen LogP contribution is 2.28. The molecule has 162 valence electrons. The lowest BCUT2D eigenvalue weighted by molar-refractivity contribution is -0.270. The quantitative estimate of drug-likeness (QED) is 0.336. The Bertz CT molecular complexity index is 688. The molecule has 1 amide bonds. The lowest BCUT2D eigenvalue weighted by Gasteiger charge is -2.44. The van der Waals surface area contributed by atoms with Gasteiger partial charge in [-0.3, -0.25) is 24.0 Å². The van der Waals surface area contributed by atoms with Crippen molar-refractivity contribution in [3.8, 4) is 0 Å². The first-order chi connectivity index (χ1) is 13.4. The summed E-state index contributed by atoms with van der Waals surface area (Å²) in [5.74, 6) is -3.51. The molecule has 1 aliphatic rings. The molecule has 0 aromatic carbocycles. The fraction of sp³-hybridized carbons (Fsp3) is 0.611. The van der Waals surface area contributed by atoms with Gasteiger partial charge in [-0.05, 0) is 6.92 Å². The minimum atomic E-state index is -1.42. The number of hydrogen-bond donors (Lipinski definition) is 1. The average molecular weight is 415 g/mol. The molecule has 1 heterocycles. The van der Waals surface area contributed by atoms with Gasteiger partial charge < -0.3 is 29.0 Å². The van der Waals surface area contributed by atoms with Gasteiger partial charge in [0.2, 0.25) is 12.2 Å². The molecule has 0 aromatic rings. The average Bonchev–Trinajstić information content (AvgIpc) is 2.56. The van der Waals surface area contributed by atoms with E-state index in [1.165, 1.54) is 6.92 Å². The topological polar surface area (TPSA) is 144 Å². The molecule has 3 unspecified atom stereocenters. The van der Waals surface area contributed by atoms with E-state index in [1.54, 1.807) is 0 Å². The molecule has 0 bridgehead atoms. The van der Waals surface area contributed by atoms with E-state index in [9.17, 15) is 24.0 Å². The molecule has 11 heteroatoms. The predicted molar refractivity (Wildman–Crippen MR) is 94.9 cm³/mol. The van der Waals surface area contributed by atoms with Gasteiger partial charge in [-0.1, -0.05) is 6.58 Å². The van der Waals surface area contributed by atoms with E-state index in [2.05, 4.69) is 11.9 Å². The van der Waals surface area contributed by atoms with Gasteiger partial charge in [0.05, 0.1) is 0 Å². The summed E-state index contributed by atoms with van der Waals surface area (Å²) in [5, 5.41) is 2.50. The summed E-state index contributed by atoms with van der Waals surface area (Å²) in [6, 6.07) is -1.23. The molecule has 1 aliphatic heterocycles. The van der Waals surface area contributed by atoms with E-state index in [0.29, 0.717) is 0 Å². The summed E-state index contributed by atoms with van der Waals surface area (Å²) < 4.78 is 26.2. The number of carbonyl (C=O) groups is 5. The molecule has 1 rings (SSSR count). The SMILES string of the molecule is C=C(C)C(=O)NC1C(OC(C)=O)[C@H](OC(C)=O)C(COC(C)=O)O[C@H]1OC(C)=O. The monoisotopic (exact) mass is 415 g/mol. The molecule has 5 atom stereocenters. The standard InChI is InChI=1S/C18H25NO10/c1-8(2)17(24)19-14-16(27-11(5)22)15(26-10(4)21)13(7-25-9(3)20)29-18(14)28-12(6)23/h13-16,18H,1,7H2,2-6H3,(H,19,24)/t13?,14?,15-,16?,18-/m1/s1. The van der Waals surface area contributed by atoms with Crippen LogP contribution in [0.4, 0.5) is 0 Å². The molecule has 0 radical (unpaired) electrons. The van der Waals surface area contributed by atoms with Crippen LogP contribution in [0.3, 0.4) is 0 Å². The number of nitrogens with one attached hydrogen (secondary N) is 1. The Morgan fingerprint density at radius 1 is 0.828 bits per heavy atom. The number of hydrogen-bond acceptors (Lipinski definition) is 10. The maximum absolute atomic E-state index is 12.2. The highest BCUT2D eigenvalue weighted by molar-refractivity contribution is 5.92. The third-order valence-corrected chi connectivity index (χ3v) is 3.67. The molecule has 0 aliphatic carbocycles. The maximum atomic E-state index is 12.2. The molecule has 0 spiro atoms. The second-order valence-corrected chi connectivity index (χ2v) is 6.38. The van der Waals surface area contributed by atoms with Gasteiger partial charge in [-0.2, -0.15) is 0 Å². The van der Waals surface area contributed by atoms with Gasteiger partial charge in [0, 0.05) is 33.3 Å². The van der Waals surface area contributed by atoms with E-state index in [4.69, 9.17) is 23.7 Å². The molecule has 1 N–H and O–H groups in total. The molecule has 1 saturated heterocycles. The van der Waals surface area contributed by atoms with Gasteiger partial charge in [0.1, 0.15) is 18.8 Å². The molecule has 29 heavy (non-hydrogen) atoms. The first-order valence-electron chi connectivity index (χ1n) is 8.69. The molecule has 0 aromatic heterocycles. The minimum Gasteiger partial charge on any atom is -0.463 e. The molecule has 0 saturated carbocycles. The Balaban J connectivity index is 3.36. The van der Waals surface area contributed by atoms with Crippen molar-refractivity contribution in [2.75, 3.05) is 6.61 Å². The third-order valence-electron chi connectivity index (χ3n) is 3.67. The maximum Gasteiger partial charge on any atom is 0.305 e. The van der Waals surface area contributed by atoms with Crippen molar-refractivity contribution in [3.63, 3.8) is 0 Å². The Kier molecular flexibility index (Phi) is 8.77. The van der Waals surface area contributed by atoms with Crippen molar-refractivity contribution < 1.29 is 47.7 Å². The van der Waals surface area contributed by atoms with Crippen molar-refractivity contribution in [2.24, 2.45) is 0 Å². The van der Waals surface area contributed by atoms with Crippen molar-refractivity contribution in [1.82, 2.24) is 5.32 Å². The number of esters is 4. The second-order valence-electron chi connectivity index (χ2n) is 6.38. The van der Waals surface area contributed by atoms with Gasteiger partial charge >= 0.3 is 23.9 Å². The summed E-state index contributed by atoms with van der Waals surface area (Å²) in [5.41, 5.74) is 0.124.